The summed E-state index contributed by atoms with van der Waals surface area (Å²) in [5.41, 5.74) is 2.77. The fourth-order valence-electron chi connectivity index (χ4n) is 2.76. The van der Waals surface area contributed by atoms with Gasteiger partial charge in [0.15, 0.2) is 11.6 Å². The van der Waals surface area contributed by atoms with Gasteiger partial charge in [0, 0.05) is 11.5 Å². The summed E-state index contributed by atoms with van der Waals surface area (Å²) >= 11 is 0. The van der Waals surface area contributed by atoms with Crippen LogP contribution in [0, 0.1) is 12.8 Å². The van der Waals surface area contributed by atoms with Gasteiger partial charge in [-0.3, -0.25) is 9.59 Å². The Morgan fingerprint density at radius 1 is 0.952 bits per heavy atom. The predicted molar refractivity (Wildman–Crippen MR) is 82.3 cm³/mol. The first kappa shape index (κ1) is 13.5. The molecule has 0 bridgehead atoms. The van der Waals surface area contributed by atoms with Crippen LogP contribution in [0.3, 0.4) is 0 Å². The maximum Gasteiger partial charge on any atom is 0.174 e. The molecule has 1 aliphatic carbocycles. The summed E-state index contributed by atoms with van der Waals surface area (Å²) in [4.78, 5) is 24.8. The number of hydrogen-bond acceptors (Lipinski definition) is 2. The molecule has 0 amide bonds. The highest BCUT2D eigenvalue weighted by Gasteiger charge is 2.37. The predicted octanol–water partition coefficient (Wildman–Crippen LogP) is 3.72. The third-order valence-corrected chi connectivity index (χ3v) is 3.94. The summed E-state index contributed by atoms with van der Waals surface area (Å²) < 4.78 is 0. The zero-order valence-electron chi connectivity index (χ0n) is 11.8. The highest BCUT2D eigenvalue weighted by molar-refractivity contribution is 6.16. The topological polar surface area (TPSA) is 34.1 Å². The molecule has 1 aliphatic rings. The van der Waals surface area contributed by atoms with Gasteiger partial charge in [-0.05, 0) is 18.6 Å². The van der Waals surface area contributed by atoms with Crippen LogP contribution in [0.5, 0.6) is 0 Å². The molecule has 2 aromatic carbocycles. The van der Waals surface area contributed by atoms with Crippen LogP contribution in [0.15, 0.2) is 66.7 Å². The van der Waals surface area contributed by atoms with Crippen molar-refractivity contribution in [2.75, 3.05) is 0 Å². The molecule has 2 nitrogen and oxygen atoms in total. The maximum absolute atomic E-state index is 12.6. The summed E-state index contributed by atoms with van der Waals surface area (Å²) in [5.74, 6) is -0.994. The van der Waals surface area contributed by atoms with Crippen molar-refractivity contribution in [2.45, 2.75) is 12.8 Å². The standard InChI is InChI=1S/C19H16O2/c1-13-7-9-14(10-8-13)16-11-12-17(20)18(16)19(21)15-5-3-2-4-6-15/h2-12,16,18H,1H3/t16-,18-/m0/s1. The van der Waals surface area contributed by atoms with E-state index >= 15 is 0 Å². The molecule has 0 aromatic heterocycles. The molecule has 0 heterocycles. The zero-order chi connectivity index (χ0) is 14.8. The van der Waals surface area contributed by atoms with Crippen LogP contribution in [0.4, 0.5) is 0 Å². The number of rotatable bonds is 3. The van der Waals surface area contributed by atoms with Gasteiger partial charge in [0.1, 0.15) is 0 Å². The smallest absolute Gasteiger partial charge is 0.174 e. The second kappa shape index (κ2) is 5.49. The molecule has 0 aliphatic heterocycles. The average Bonchev–Trinajstić information content (AvgIpc) is 2.90. The molecule has 0 saturated heterocycles. The minimum Gasteiger partial charge on any atom is -0.294 e. The monoisotopic (exact) mass is 276 g/mol. The Kier molecular flexibility index (Phi) is 3.53. The number of carbonyl (C=O) groups is 2. The molecule has 0 spiro atoms. The Hall–Kier alpha value is -2.48. The van der Waals surface area contributed by atoms with Crippen LogP contribution in [0.25, 0.3) is 0 Å². The van der Waals surface area contributed by atoms with Crippen LogP contribution in [-0.4, -0.2) is 11.6 Å². The molecular weight excluding hydrogens is 260 g/mol. The first-order valence-electron chi connectivity index (χ1n) is 7.04. The molecule has 2 heteroatoms. The molecule has 21 heavy (non-hydrogen) atoms. The lowest BCUT2D eigenvalue weighted by Gasteiger charge is -2.17. The summed E-state index contributed by atoms with van der Waals surface area (Å²) in [5, 5.41) is 0. The molecule has 2 atom stereocenters. The normalized spacial score (nSPS) is 20.7. The number of hydrogen-bond donors (Lipinski definition) is 0. The third-order valence-electron chi connectivity index (χ3n) is 3.94. The van der Waals surface area contributed by atoms with E-state index in [0.29, 0.717) is 5.56 Å². The number of allylic oxidation sites excluding steroid dienone is 2. The Morgan fingerprint density at radius 2 is 1.62 bits per heavy atom. The average molecular weight is 276 g/mol. The molecule has 0 unspecified atom stereocenters. The number of carbonyl (C=O) groups excluding carboxylic acids is 2. The Morgan fingerprint density at radius 3 is 2.29 bits per heavy atom. The van der Waals surface area contributed by atoms with Crippen LogP contribution < -0.4 is 0 Å². The van der Waals surface area contributed by atoms with Crippen LogP contribution in [0.2, 0.25) is 0 Å². The molecule has 104 valence electrons. The Balaban J connectivity index is 1.94. The lowest BCUT2D eigenvalue weighted by atomic mass is 9.83. The first-order chi connectivity index (χ1) is 10.2. The third kappa shape index (κ3) is 2.57. The largest absolute Gasteiger partial charge is 0.294 e. The maximum atomic E-state index is 12.6. The van der Waals surface area contributed by atoms with Crippen molar-refractivity contribution in [3.8, 4) is 0 Å². The van der Waals surface area contributed by atoms with Crippen LogP contribution >= 0.6 is 0 Å². The van der Waals surface area contributed by atoms with Crippen molar-refractivity contribution in [1.82, 2.24) is 0 Å². The molecule has 0 fully saturated rings. The number of benzene rings is 2. The lowest BCUT2D eigenvalue weighted by Crippen LogP contribution is -2.24. The van der Waals surface area contributed by atoms with Crippen molar-refractivity contribution in [2.24, 2.45) is 5.92 Å². The van der Waals surface area contributed by atoms with Crippen molar-refractivity contribution < 1.29 is 9.59 Å². The highest BCUT2D eigenvalue weighted by atomic mass is 16.2. The van der Waals surface area contributed by atoms with E-state index in [-0.39, 0.29) is 17.5 Å². The fraction of sp³-hybridized carbons (Fsp3) is 0.158. The van der Waals surface area contributed by atoms with Gasteiger partial charge < -0.3 is 0 Å². The molecule has 3 rings (SSSR count). The van der Waals surface area contributed by atoms with Gasteiger partial charge in [0.2, 0.25) is 0 Å². The molecule has 2 aromatic rings. The van der Waals surface area contributed by atoms with Gasteiger partial charge in [-0.15, -0.1) is 0 Å². The lowest BCUT2D eigenvalue weighted by molar-refractivity contribution is -0.116. The molecular formula is C19H16O2. The van der Waals surface area contributed by atoms with Crippen LogP contribution in [-0.2, 0) is 4.79 Å². The van der Waals surface area contributed by atoms with Crippen molar-refractivity contribution in [3.05, 3.63) is 83.4 Å². The first-order valence-corrected chi connectivity index (χ1v) is 7.04. The fourth-order valence-corrected chi connectivity index (χ4v) is 2.76. The number of aryl methyl sites for hydroxylation is 1. The summed E-state index contributed by atoms with van der Waals surface area (Å²) in [6.45, 7) is 2.02. The van der Waals surface area contributed by atoms with Gasteiger partial charge in [-0.1, -0.05) is 66.2 Å². The van der Waals surface area contributed by atoms with E-state index in [1.807, 2.05) is 55.5 Å². The summed E-state index contributed by atoms with van der Waals surface area (Å²) in [6, 6.07) is 17.0. The molecule has 0 N–H and O–H groups in total. The number of Topliss-reactive ketones (excluding diaryl/α,β-unsaturated/α-hetero) is 1. The summed E-state index contributed by atoms with van der Waals surface area (Å²) in [6.07, 6.45) is 3.38. The summed E-state index contributed by atoms with van der Waals surface area (Å²) in [7, 11) is 0. The van der Waals surface area contributed by atoms with E-state index in [1.54, 1.807) is 12.1 Å². The zero-order valence-corrected chi connectivity index (χ0v) is 11.8. The molecule has 0 saturated carbocycles. The van der Waals surface area contributed by atoms with E-state index in [0.717, 1.165) is 11.1 Å². The van der Waals surface area contributed by atoms with Crippen molar-refractivity contribution >= 4 is 11.6 Å². The minimum atomic E-state index is -0.630. The number of ketones is 2. The van der Waals surface area contributed by atoms with Gasteiger partial charge >= 0.3 is 0 Å². The van der Waals surface area contributed by atoms with Crippen molar-refractivity contribution in [3.63, 3.8) is 0 Å². The van der Waals surface area contributed by atoms with Gasteiger partial charge in [-0.25, -0.2) is 0 Å². The second-order valence-electron chi connectivity index (χ2n) is 5.41. The highest BCUT2D eigenvalue weighted by Crippen LogP contribution is 2.34. The molecule has 0 radical (unpaired) electrons. The Labute approximate surface area is 124 Å². The second-order valence-corrected chi connectivity index (χ2v) is 5.41. The van der Waals surface area contributed by atoms with E-state index < -0.39 is 5.92 Å². The van der Waals surface area contributed by atoms with E-state index in [4.69, 9.17) is 0 Å². The SMILES string of the molecule is Cc1ccc([C@@H]2C=CC(=O)[C@H]2C(=O)c2ccccc2)cc1. The van der Waals surface area contributed by atoms with E-state index in [1.165, 1.54) is 6.08 Å². The quantitative estimate of drug-likeness (QED) is 0.632. The van der Waals surface area contributed by atoms with Gasteiger partial charge in [0.25, 0.3) is 0 Å². The Bertz CT molecular complexity index is 696. The van der Waals surface area contributed by atoms with Crippen LogP contribution in [0.1, 0.15) is 27.4 Å². The van der Waals surface area contributed by atoms with Gasteiger partial charge in [0.05, 0.1) is 5.92 Å². The van der Waals surface area contributed by atoms with Crippen molar-refractivity contribution in [1.29, 1.82) is 0 Å². The van der Waals surface area contributed by atoms with E-state index in [9.17, 15) is 9.59 Å². The van der Waals surface area contributed by atoms with E-state index in [2.05, 4.69) is 0 Å². The van der Waals surface area contributed by atoms with Gasteiger partial charge in [-0.2, -0.15) is 0 Å². The minimum absolute atomic E-state index is 0.101.